The van der Waals surface area contributed by atoms with Gasteiger partial charge in [0.1, 0.15) is 11.6 Å². The van der Waals surface area contributed by atoms with Crippen molar-refractivity contribution in [1.29, 1.82) is 0 Å². The van der Waals surface area contributed by atoms with E-state index < -0.39 is 33.1 Å². The average molecular weight is 323 g/mol. The molecule has 0 saturated carbocycles. The summed E-state index contributed by atoms with van der Waals surface area (Å²) in [7, 11) is -4.06. The van der Waals surface area contributed by atoms with Crippen molar-refractivity contribution in [2.24, 2.45) is 0 Å². The van der Waals surface area contributed by atoms with Crippen LogP contribution in [-0.4, -0.2) is 32.5 Å². The van der Waals surface area contributed by atoms with Gasteiger partial charge < -0.3 is 4.74 Å². The van der Waals surface area contributed by atoms with Crippen LogP contribution in [0.5, 0.6) is 0 Å². The highest BCUT2D eigenvalue weighted by atomic mass is 35.5. The highest BCUT2D eigenvalue weighted by Gasteiger charge is 2.21. The van der Waals surface area contributed by atoms with Crippen molar-refractivity contribution >= 4 is 33.3 Å². The van der Waals surface area contributed by atoms with Crippen LogP contribution in [0.3, 0.4) is 0 Å². The number of nitrogens with one attached hydrogen (secondary N) is 1. The minimum absolute atomic E-state index is 0.118. The molecule has 0 fully saturated rings. The average Bonchev–Trinajstić information content (AvgIpc) is 2.37. The fraction of sp³-hybridized carbons (Fsp3) is 0.300. The number of esters is 1. The number of benzene rings is 1. The van der Waals surface area contributed by atoms with Crippen molar-refractivity contribution in [2.75, 3.05) is 13.2 Å². The molecule has 1 aromatic carbocycles. The maximum absolute atomic E-state index is 11.8. The number of sulfonamides is 1. The number of hydrogen-bond acceptors (Lipinski definition) is 6. The molecule has 0 heterocycles. The second-order valence-electron chi connectivity index (χ2n) is 3.50. The maximum Gasteiger partial charge on any atom is 0.321 e. The van der Waals surface area contributed by atoms with E-state index in [-0.39, 0.29) is 16.5 Å². The fourth-order valence-electron chi connectivity index (χ4n) is 1.25. The second kappa shape index (κ2) is 6.64. The first-order chi connectivity index (χ1) is 9.27. The quantitative estimate of drug-likeness (QED) is 0.476. The van der Waals surface area contributed by atoms with Gasteiger partial charge in [-0.25, -0.2) is 8.42 Å². The number of halogens is 1. The molecule has 0 bridgehead atoms. The summed E-state index contributed by atoms with van der Waals surface area (Å²) in [5.41, 5.74) is -0.536. The number of nitrogens with zero attached hydrogens (tertiary/aromatic N) is 1. The van der Waals surface area contributed by atoms with Crippen LogP contribution in [0.4, 0.5) is 5.69 Å². The van der Waals surface area contributed by atoms with Gasteiger partial charge in [0.15, 0.2) is 0 Å². The molecule has 0 aromatic heterocycles. The third kappa shape index (κ3) is 4.15. The Labute approximate surface area is 119 Å². The molecule has 0 unspecified atom stereocenters. The molecule has 1 aromatic rings. The molecule has 0 spiro atoms. The van der Waals surface area contributed by atoms with Crippen LogP contribution in [-0.2, 0) is 19.6 Å². The molecule has 0 aliphatic carbocycles. The van der Waals surface area contributed by atoms with Gasteiger partial charge in [-0.05, 0) is 19.1 Å². The molecule has 10 heteroatoms. The minimum Gasteiger partial charge on any atom is -0.465 e. The lowest BCUT2D eigenvalue weighted by Gasteiger charge is -2.06. The molecule has 0 saturated heterocycles. The molecule has 20 heavy (non-hydrogen) atoms. The molecular weight excluding hydrogens is 312 g/mol. The SMILES string of the molecule is CCOC(=O)CNS(=O)(=O)c1ccc(Cl)c([N+](=O)[O-])c1. The Balaban J connectivity index is 2.96. The van der Waals surface area contributed by atoms with Crippen molar-refractivity contribution in [1.82, 2.24) is 4.72 Å². The predicted octanol–water partition coefficient (Wildman–Crippen LogP) is 1.09. The zero-order valence-electron chi connectivity index (χ0n) is 10.3. The zero-order chi connectivity index (χ0) is 15.3. The topological polar surface area (TPSA) is 116 Å². The van der Waals surface area contributed by atoms with Crippen LogP contribution < -0.4 is 4.72 Å². The van der Waals surface area contributed by atoms with Gasteiger partial charge >= 0.3 is 5.97 Å². The largest absolute Gasteiger partial charge is 0.465 e. The standard InChI is InChI=1S/C10H11ClN2O6S/c1-2-19-10(14)6-12-20(17,18)7-3-4-8(11)9(5-7)13(15)16/h3-5,12H,2,6H2,1H3. The smallest absolute Gasteiger partial charge is 0.321 e. The van der Waals surface area contributed by atoms with E-state index in [1.54, 1.807) is 6.92 Å². The van der Waals surface area contributed by atoms with Crippen molar-refractivity contribution in [3.63, 3.8) is 0 Å². The first kappa shape index (κ1) is 16.3. The lowest BCUT2D eigenvalue weighted by Crippen LogP contribution is -2.30. The number of ether oxygens (including phenoxy) is 1. The van der Waals surface area contributed by atoms with E-state index in [2.05, 4.69) is 4.74 Å². The number of nitro groups is 1. The van der Waals surface area contributed by atoms with Gasteiger partial charge in [-0.15, -0.1) is 0 Å². The summed E-state index contributed by atoms with van der Waals surface area (Å²) in [5.74, 6) is -0.750. The summed E-state index contributed by atoms with van der Waals surface area (Å²) in [6.45, 7) is 1.13. The van der Waals surface area contributed by atoms with Gasteiger partial charge in [-0.1, -0.05) is 11.6 Å². The van der Waals surface area contributed by atoms with Crippen LogP contribution in [0.2, 0.25) is 5.02 Å². The summed E-state index contributed by atoms with van der Waals surface area (Å²) in [6, 6.07) is 3.01. The molecule has 0 radical (unpaired) electrons. The van der Waals surface area contributed by atoms with Gasteiger partial charge in [0, 0.05) is 6.07 Å². The third-order valence-electron chi connectivity index (χ3n) is 2.14. The highest BCUT2D eigenvalue weighted by Crippen LogP contribution is 2.26. The van der Waals surface area contributed by atoms with E-state index >= 15 is 0 Å². The van der Waals surface area contributed by atoms with Crippen LogP contribution in [0.1, 0.15) is 6.92 Å². The van der Waals surface area contributed by atoms with Gasteiger partial charge in [-0.3, -0.25) is 14.9 Å². The highest BCUT2D eigenvalue weighted by molar-refractivity contribution is 7.89. The van der Waals surface area contributed by atoms with Crippen LogP contribution in [0.25, 0.3) is 0 Å². The Bertz CT molecular complexity index is 631. The molecular formula is C10H11ClN2O6S. The monoisotopic (exact) mass is 322 g/mol. The summed E-state index contributed by atoms with van der Waals surface area (Å²) >= 11 is 5.58. The first-order valence-corrected chi connectivity index (χ1v) is 7.23. The van der Waals surface area contributed by atoms with Gasteiger partial charge in [0.2, 0.25) is 10.0 Å². The lowest BCUT2D eigenvalue weighted by molar-refractivity contribution is -0.384. The van der Waals surface area contributed by atoms with Crippen LogP contribution in [0, 0.1) is 10.1 Å². The Hall–Kier alpha value is -1.71. The van der Waals surface area contributed by atoms with E-state index in [1.807, 2.05) is 4.72 Å². The van der Waals surface area contributed by atoms with Gasteiger partial charge in [0.05, 0.1) is 16.4 Å². The van der Waals surface area contributed by atoms with Crippen molar-refractivity contribution in [3.05, 3.63) is 33.3 Å². The Kier molecular flexibility index (Phi) is 5.43. The van der Waals surface area contributed by atoms with Crippen molar-refractivity contribution in [3.8, 4) is 0 Å². The number of carbonyl (C=O) groups excluding carboxylic acids is 1. The van der Waals surface area contributed by atoms with E-state index in [9.17, 15) is 23.3 Å². The molecule has 0 amide bonds. The zero-order valence-corrected chi connectivity index (χ0v) is 11.9. The predicted molar refractivity (Wildman–Crippen MR) is 69.9 cm³/mol. The van der Waals surface area contributed by atoms with E-state index in [4.69, 9.17) is 11.6 Å². The Morgan fingerprint density at radius 2 is 2.15 bits per heavy atom. The molecule has 1 N–H and O–H groups in total. The number of carbonyl (C=O) groups is 1. The fourth-order valence-corrected chi connectivity index (χ4v) is 2.42. The first-order valence-electron chi connectivity index (χ1n) is 5.37. The third-order valence-corrected chi connectivity index (χ3v) is 3.85. The van der Waals surface area contributed by atoms with E-state index in [1.165, 1.54) is 0 Å². The Morgan fingerprint density at radius 1 is 1.50 bits per heavy atom. The summed E-state index contributed by atoms with van der Waals surface area (Å²) in [4.78, 5) is 20.6. The molecule has 0 aliphatic rings. The van der Waals surface area contributed by atoms with Crippen LogP contribution in [0.15, 0.2) is 23.1 Å². The molecule has 0 atom stereocenters. The van der Waals surface area contributed by atoms with E-state index in [0.717, 1.165) is 18.2 Å². The number of hydrogen-bond donors (Lipinski definition) is 1. The molecule has 110 valence electrons. The van der Waals surface area contributed by atoms with Gasteiger partial charge in [-0.2, -0.15) is 4.72 Å². The minimum atomic E-state index is -4.06. The summed E-state index contributed by atoms with van der Waals surface area (Å²) in [5, 5.41) is 10.5. The maximum atomic E-state index is 11.8. The summed E-state index contributed by atoms with van der Waals surface area (Å²) in [6.07, 6.45) is 0. The van der Waals surface area contributed by atoms with Crippen LogP contribution >= 0.6 is 11.6 Å². The lowest BCUT2D eigenvalue weighted by atomic mass is 10.3. The molecule has 1 rings (SSSR count). The van der Waals surface area contributed by atoms with Gasteiger partial charge in [0.25, 0.3) is 5.69 Å². The molecule has 0 aliphatic heterocycles. The second-order valence-corrected chi connectivity index (χ2v) is 5.67. The normalized spacial score (nSPS) is 11.1. The van der Waals surface area contributed by atoms with Crippen molar-refractivity contribution in [2.45, 2.75) is 11.8 Å². The summed E-state index contributed by atoms with van der Waals surface area (Å²) < 4.78 is 30.2. The number of rotatable bonds is 6. The van der Waals surface area contributed by atoms with E-state index in [0.29, 0.717) is 0 Å². The Morgan fingerprint density at radius 3 is 2.70 bits per heavy atom. The van der Waals surface area contributed by atoms with Crippen molar-refractivity contribution < 1.29 is 22.9 Å². The number of nitro benzene ring substituents is 1. The molecule has 8 nitrogen and oxygen atoms in total.